The summed E-state index contributed by atoms with van der Waals surface area (Å²) in [6.45, 7) is 13.6. The second-order valence-corrected chi connectivity index (χ2v) is 6.72. The van der Waals surface area contributed by atoms with E-state index >= 15 is 0 Å². The van der Waals surface area contributed by atoms with Crippen molar-refractivity contribution in [2.45, 2.75) is 64.2 Å². The molecule has 0 heterocycles. The minimum Gasteiger partial charge on any atom is -0.106 e. The summed E-state index contributed by atoms with van der Waals surface area (Å²) >= 11 is 4.44. The molecule has 17 heavy (non-hydrogen) atoms. The molecule has 1 rings (SSSR count). The van der Waals surface area contributed by atoms with Crippen molar-refractivity contribution in [2.75, 3.05) is 0 Å². The lowest BCUT2D eigenvalue weighted by molar-refractivity contribution is 0.773. The van der Waals surface area contributed by atoms with Crippen molar-refractivity contribution < 1.29 is 0 Å². The highest BCUT2D eigenvalue weighted by Crippen LogP contribution is 2.39. The van der Waals surface area contributed by atoms with Crippen LogP contribution in [0.25, 0.3) is 0 Å². The molecular weight excluding hydrogens is 244 g/mol. The predicted molar refractivity (Wildman–Crippen MR) is 83.6 cm³/mol. The first kappa shape index (κ1) is 15.0. The van der Waals surface area contributed by atoms with Gasteiger partial charge in [0, 0.05) is 4.90 Å². The molecule has 0 aliphatic carbocycles. The summed E-state index contributed by atoms with van der Waals surface area (Å²) < 4.78 is 0. The molecule has 0 saturated heterocycles. The molecule has 0 amide bonds. The Bertz CT molecular complexity index is 350. The van der Waals surface area contributed by atoms with Crippen LogP contribution >= 0.6 is 22.5 Å². The van der Waals surface area contributed by atoms with E-state index in [-0.39, 0.29) is 0 Å². The highest BCUT2D eigenvalue weighted by molar-refractivity contribution is 8.68. The molecule has 0 N–H and O–H groups in total. The summed E-state index contributed by atoms with van der Waals surface area (Å²) in [7, 11) is 1.59. The van der Waals surface area contributed by atoms with Gasteiger partial charge in [0.05, 0.1) is 0 Å². The third-order valence-electron chi connectivity index (χ3n) is 3.17. The number of hydrogen-bond acceptors (Lipinski definition) is 2. The molecule has 0 aliphatic rings. The van der Waals surface area contributed by atoms with Gasteiger partial charge in [-0.3, -0.25) is 0 Å². The Labute approximate surface area is 115 Å². The Kier molecular flexibility index (Phi) is 5.46. The van der Waals surface area contributed by atoms with Crippen molar-refractivity contribution in [2.24, 2.45) is 0 Å². The molecule has 1 aromatic rings. The average Bonchev–Trinajstić information content (AvgIpc) is 2.26. The summed E-state index contributed by atoms with van der Waals surface area (Å²) in [4.78, 5) is 1.36. The van der Waals surface area contributed by atoms with Crippen LogP contribution in [0.4, 0.5) is 0 Å². The van der Waals surface area contributed by atoms with Gasteiger partial charge in [0.1, 0.15) is 0 Å². The molecule has 0 nitrogen and oxygen atoms in total. The van der Waals surface area contributed by atoms with Crippen molar-refractivity contribution in [3.63, 3.8) is 0 Å². The van der Waals surface area contributed by atoms with Gasteiger partial charge < -0.3 is 0 Å². The Morgan fingerprint density at radius 1 is 0.824 bits per heavy atom. The van der Waals surface area contributed by atoms with Gasteiger partial charge in [0.15, 0.2) is 0 Å². The monoisotopic (exact) mass is 268 g/mol. The average molecular weight is 268 g/mol. The van der Waals surface area contributed by atoms with Crippen LogP contribution in [0.5, 0.6) is 0 Å². The fourth-order valence-corrected chi connectivity index (χ4v) is 3.43. The lowest BCUT2D eigenvalue weighted by Gasteiger charge is -2.21. The molecule has 0 unspecified atom stereocenters. The Morgan fingerprint density at radius 3 is 1.47 bits per heavy atom. The number of thiol groups is 1. The van der Waals surface area contributed by atoms with E-state index in [1.54, 1.807) is 10.8 Å². The zero-order valence-corrected chi connectivity index (χ0v) is 13.5. The van der Waals surface area contributed by atoms with E-state index in [1.165, 1.54) is 21.6 Å². The van der Waals surface area contributed by atoms with Crippen LogP contribution in [-0.2, 0) is 0 Å². The fraction of sp³-hybridized carbons (Fsp3) is 0.600. The summed E-state index contributed by atoms with van der Waals surface area (Å²) in [5.74, 6) is 1.70. The highest BCUT2D eigenvalue weighted by atomic mass is 33.1. The van der Waals surface area contributed by atoms with Gasteiger partial charge in [-0.2, -0.15) is 0 Å². The SMILES string of the molecule is CC(C)c1cc(C(C)C)c(SS)c(C(C)C)c1. The summed E-state index contributed by atoms with van der Waals surface area (Å²) in [6, 6.07) is 4.72. The van der Waals surface area contributed by atoms with E-state index in [0.29, 0.717) is 17.8 Å². The van der Waals surface area contributed by atoms with Crippen molar-refractivity contribution in [3.05, 3.63) is 28.8 Å². The second-order valence-electron chi connectivity index (χ2n) is 5.58. The van der Waals surface area contributed by atoms with Crippen LogP contribution in [0.15, 0.2) is 17.0 Å². The van der Waals surface area contributed by atoms with E-state index in [0.717, 1.165) is 0 Å². The molecule has 0 aliphatic heterocycles. The molecule has 96 valence electrons. The van der Waals surface area contributed by atoms with Crippen molar-refractivity contribution in [3.8, 4) is 0 Å². The van der Waals surface area contributed by atoms with Gasteiger partial charge in [0.2, 0.25) is 0 Å². The zero-order valence-electron chi connectivity index (χ0n) is 11.7. The molecule has 0 saturated carbocycles. The third-order valence-corrected chi connectivity index (χ3v) is 4.37. The molecule has 0 atom stereocenters. The third kappa shape index (κ3) is 3.45. The molecule has 0 spiro atoms. The summed E-state index contributed by atoms with van der Waals surface area (Å²) in [5.41, 5.74) is 4.34. The van der Waals surface area contributed by atoms with Crippen LogP contribution in [0.2, 0.25) is 0 Å². The van der Waals surface area contributed by atoms with E-state index < -0.39 is 0 Å². The van der Waals surface area contributed by atoms with Gasteiger partial charge in [-0.15, -0.1) is 11.7 Å². The minimum absolute atomic E-state index is 0.556. The maximum absolute atomic E-state index is 4.44. The highest BCUT2D eigenvalue weighted by Gasteiger charge is 2.16. The fourth-order valence-electron chi connectivity index (χ4n) is 1.99. The van der Waals surface area contributed by atoms with Gasteiger partial charge in [-0.05, 0) is 34.4 Å². The lowest BCUT2D eigenvalue weighted by Crippen LogP contribution is -2.01. The standard InChI is InChI=1S/C15H24S2/c1-9(2)12-7-13(10(3)4)15(17-16)14(8-12)11(5)6/h7-11,16H,1-6H3. The molecule has 0 fully saturated rings. The van der Waals surface area contributed by atoms with E-state index in [4.69, 9.17) is 0 Å². The summed E-state index contributed by atoms with van der Waals surface area (Å²) in [6.07, 6.45) is 0. The number of benzene rings is 1. The molecule has 2 heteroatoms. The molecule has 0 bridgehead atoms. The van der Waals surface area contributed by atoms with Gasteiger partial charge in [-0.25, -0.2) is 0 Å². The second kappa shape index (κ2) is 6.19. The van der Waals surface area contributed by atoms with Crippen LogP contribution < -0.4 is 0 Å². The van der Waals surface area contributed by atoms with Crippen molar-refractivity contribution in [1.29, 1.82) is 0 Å². The predicted octanol–water partition coefficient (Wildman–Crippen LogP) is 5.99. The van der Waals surface area contributed by atoms with Gasteiger partial charge in [-0.1, -0.05) is 64.5 Å². The lowest BCUT2D eigenvalue weighted by atomic mass is 9.89. The summed E-state index contributed by atoms with van der Waals surface area (Å²) in [5, 5.41) is 0. The Hall–Kier alpha value is -0.0800. The largest absolute Gasteiger partial charge is 0.106 e. The topological polar surface area (TPSA) is 0 Å². The van der Waals surface area contributed by atoms with Crippen LogP contribution in [0, 0.1) is 0 Å². The van der Waals surface area contributed by atoms with E-state index in [2.05, 4.69) is 65.3 Å². The Morgan fingerprint density at radius 2 is 1.24 bits per heavy atom. The quantitative estimate of drug-likeness (QED) is 0.516. The molecule has 0 radical (unpaired) electrons. The molecule has 0 aromatic heterocycles. The minimum atomic E-state index is 0.556. The number of rotatable bonds is 4. The normalized spacial score (nSPS) is 11.9. The maximum atomic E-state index is 4.44. The Balaban J connectivity index is 3.46. The smallest absolute Gasteiger partial charge is 0.0249 e. The van der Waals surface area contributed by atoms with E-state index in [1.807, 2.05) is 0 Å². The van der Waals surface area contributed by atoms with Crippen LogP contribution in [0.1, 0.15) is 76.0 Å². The van der Waals surface area contributed by atoms with Gasteiger partial charge in [0.25, 0.3) is 0 Å². The van der Waals surface area contributed by atoms with Crippen molar-refractivity contribution >= 4 is 22.5 Å². The first-order valence-corrected chi connectivity index (χ1v) is 8.24. The first-order chi connectivity index (χ1) is 7.88. The van der Waals surface area contributed by atoms with Crippen LogP contribution in [0.3, 0.4) is 0 Å². The zero-order chi connectivity index (χ0) is 13.2. The maximum Gasteiger partial charge on any atom is 0.0249 e. The molecule has 1 aromatic carbocycles. The van der Waals surface area contributed by atoms with Crippen LogP contribution in [-0.4, -0.2) is 0 Å². The van der Waals surface area contributed by atoms with Gasteiger partial charge >= 0.3 is 0 Å². The van der Waals surface area contributed by atoms with E-state index in [9.17, 15) is 0 Å². The van der Waals surface area contributed by atoms with Crippen molar-refractivity contribution in [1.82, 2.24) is 0 Å². The number of hydrogen-bond donors (Lipinski definition) is 1. The first-order valence-electron chi connectivity index (χ1n) is 6.37. The molecular formula is C15H24S2.